The van der Waals surface area contributed by atoms with E-state index in [0.29, 0.717) is 5.92 Å². The van der Waals surface area contributed by atoms with Crippen molar-refractivity contribution in [2.75, 3.05) is 13.7 Å². The lowest BCUT2D eigenvalue weighted by Crippen LogP contribution is -2.16. The summed E-state index contributed by atoms with van der Waals surface area (Å²) < 4.78 is 5.29. The second kappa shape index (κ2) is 5.66. The van der Waals surface area contributed by atoms with E-state index in [0.717, 1.165) is 25.1 Å². The number of rotatable bonds is 5. The molecule has 1 aromatic rings. The molecule has 0 aliphatic heterocycles. The fraction of sp³-hybridized carbons (Fsp3) is 0.500. The van der Waals surface area contributed by atoms with E-state index in [4.69, 9.17) is 10.5 Å². The number of para-hydroxylation sites is 1. The second-order valence-corrected chi connectivity index (χ2v) is 3.53. The third-order valence-electron chi connectivity index (χ3n) is 2.61. The van der Waals surface area contributed by atoms with Crippen LogP contribution in [-0.2, 0) is 6.42 Å². The monoisotopic (exact) mass is 193 g/mol. The molecule has 1 aromatic carbocycles. The molecule has 0 saturated carbocycles. The largest absolute Gasteiger partial charge is 0.496 e. The van der Waals surface area contributed by atoms with Crippen molar-refractivity contribution in [3.63, 3.8) is 0 Å². The van der Waals surface area contributed by atoms with Crippen molar-refractivity contribution in [1.29, 1.82) is 0 Å². The van der Waals surface area contributed by atoms with Gasteiger partial charge in [-0.05, 0) is 30.5 Å². The zero-order valence-electron chi connectivity index (χ0n) is 8.99. The van der Waals surface area contributed by atoms with Gasteiger partial charge < -0.3 is 10.5 Å². The Bertz CT molecular complexity index is 269. The lowest BCUT2D eigenvalue weighted by Gasteiger charge is -2.14. The second-order valence-electron chi connectivity index (χ2n) is 3.53. The first kappa shape index (κ1) is 11.1. The van der Waals surface area contributed by atoms with Crippen molar-refractivity contribution in [2.24, 2.45) is 11.7 Å². The number of ether oxygens (including phenoxy) is 1. The summed E-state index contributed by atoms with van der Waals surface area (Å²) in [5.74, 6) is 1.53. The van der Waals surface area contributed by atoms with Gasteiger partial charge in [0.05, 0.1) is 7.11 Å². The fourth-order valence-electron chi connectivity index (χ4n) is 1.58. The molecule has 0 heterocycles. The molecule has 0 spiro atoms. The number of nitrogens with two attached hydrogens (primary N) is 1. The van der Waals surface area contributed by atoms with Crippen LogP contribution in [0.1, 0.15) is 18.9 Å². The topological polar surface area (TPSA) is 35.2 Å². The molecule has 14 heavy (non-hydrogen) atoms. The van der Waals surface area contributed by atoms with Crippen molar-refractivity contribution >= 4 is 0 Å². The molecule has 0 aromatic heterocycles. The SMILES string of the molecule is CCC(CN)Cc1ccccc1OC. The molecule has 0 saturated heterocycles. The van der Waals surface area contributed by atoms with Crippen molar-refractivity contribution in [3.05, 3.63) is 29.8 Å². The van der Waals surface area contributed by atoms with Gasteiger partial charge in [-0.15, -0.1) is 0 Å². The number of hydrogen-bond donors (Lipinski definition) is 1. The lowest BCUT2D eigenvalue weighted by atomic mass is 9.96. The predicted octanol–water partition coefficient (Wildman–Crippen LogP) is 2.22. The number of methoxy groups -OCH3 is 1. The van der Waals surface area contributed by atoms with Gasteiger partial charge in [0.25, 0.3) is 0 Å². The highest BCUT2D eigenvalue weighted by molar-refractivity contribution is 5.33. The van der Waals surface area contributed by atoms with Crippen LogP contribution in [-0.4, -0.2) is 13.7 Å². The summed E-state index contributed by atoms with van der Waals surface area (Å²) in [5.41, 5.74) is 6.94. The smallest absolute Gasteiger partial charge is 0.122 e. The predicted molar refractivity (Wildman–Crippen MR) is 59.5 cm³/mol. The Labute approximate surface area is 86.1 Å². The molecule has 0 bridgehead atoms. The zero-order chi connectivity index (χ0) is 10.4. The summed E-state index contributed by atoms with van der Waals surface area (Å²) in [6.07, 6.45) is 2.13. The summed E-state index contributed by atoms with van der Waals surface area (Å²) in [4.78, 5) is 0. The van der Waals surface area contributed by atoms with Crippen LogP contribution in [0.15, 0.2) is 24.3 Å². The van der Waals surface area contributed by atoms with Gasteiger partial charge in [0.1, 0.15) is 5.75 Å². The van der Waals surface area contributed by atoms with Gasteiger partial charge in [-0.3, -0.25) is 0 Å². The minimum absolute atomic E-state index is 0.561. The Balaban J connectivity index is 2.74. The Morgan fingerprint density at radius 3 is 2.64 bits per heavy atom. The number of benzene rings is 1. The minimum atomic E-state index is 0.561. The quantitative estimate of drug-likeness (QED) is 0.778. The third-order valence-corrected chi connectivity index (χ3v) is 2.61. The van der Waals surface area contributed by atoms with Crippen LogP contribution < -0.4 is 10.5 Å². The zero-order valence-corrected chi connectivity index (χ0v) is 8.99. The van der Waals surface area contributed by atoms with Crippen molar-refractivity contribution in [3.8, 4) is 5.75 Å². The standard InChI is InChI=1S/C12H19NO/c1-3-10(9-13)8-11-6-4-5-7-12(11)14-2/h4-7,10H,3,8-9,13H2,1-2H3. The normalized spacial score (nSPS) is 12.5. The third kappa shape index (κ3) is 2.74. The van der Waals surface area contributed by atoms with E-state index in [1.54, 1.807) is 7.11 Å². The van der Waals surface area contributed by atoms with E-state index in [1.165, 1.54) is 5.56 Å². The van der Waals surface area contributed by atoms with Crippen molar-refractivity contribution < 1.29 is 4.74 Å². The first-order valence-electron chi connectivity index (χ1n) is 5.13. The van der Waals surface area contributed by atoms with Crippen LogP contribution in [0, 0.1) is 5.92 Å². The van der Waals surface area contributed by atoms with Crippen LogP contribution in [0.5, 0.6) is 5.75 Å². The molecule has 2 N–H and O–H groups in total. The Kier molecular flexibility index (Phi) is 4.47. The Morgan fingerprint density at radius 1 is 1.36 bits per heavy atom. The van der Waals surface area contributed by atoms with Gasteiger partial charge in [0.2, 0.25) is 0 Å². The molecule has 0 radical (unpaired) electrons. The molecule has 0 amide bonds. The van der Waals surface area contributed by atoms with Crippen LogP contribution in [0.2, 0.25) is 0 Å². The molecule has 0 fully saturated rings. The first-order chi connectivity index (χ1) is 6.81. The minimum Gasteiger partial charge on any atom is -0.496 e. The van der Waals surface area contributed by atoms with Gasteiger partial charge in [-0.1, -0.05) is 31.5 Å². The summed E-state index contributed by atoms with van der Waals surface area (Å²) >= 11 is 0. The van der Waals surface area contributed by atoms with Crippen molar-refractivity contribution in [1.82, 2.24) is 0 Å². The molecule has 2 heteroatoms. The molecule has 2 nitrogen and oxygen atoms in total. The van der Waals surface area contributed by atoms with E-state index in [-0.39, 0.29) is 0 Å². The van der Waals surface area contributed by atoms with Crippen LogP contribution in [0.25, 0.3) is 0 Å². The molecule has 1 rings (SSSR count). The van der Waals surface area contributed by atoms with E-state index < -0.39 is 0 Å². The molecule has 1 unspecified atom stereocenters. The van der Waals surface area contributed by atoms with Gasteiger partial charge in [0.15, 0.2) is 0 Å². The summed E-state index contributed by atoms with van der Waals surface area (Å²) in [6.45, 7) is 2.92. The fourth-order valence-corrected chi connectivity index (χ4v) is 1.58. The molecular weight excluding hydrogens is 174 g/mol. The van der Waals surface area contributed by atoms with Gasteiger partial charge in [-0.25, -0.2) is 0 Å². The van der Waals surface area contributed by atoms with Crippen molar-refractivity contribution in [2.45, 2.75) is 19.8 Å². The van der Waals surface area contributed by atoms with E-state index >= 15 is 0 Å². The number of hydrogen-bond acceptors (Lipinski definition) is 2. The maximum absolute atomic E-state index is 5.68. The highest BCUT2D eigenvalue weighted by atomic mass is 16.5. The van der Waals surface area contributed by atoms with Crippen LogP contribution >= 0.6 is 0 Å². The maximum Gasteiger partial charge on any atom is 0.122 e. The van der Waals surface area contributed by atoms with Gasteiger partial charge in [-0.2, -0.15) is 0 Å². The molecule has 1 atom stereocenters. The van der Waals surface area contributed by atoms with E-state index in [2.05, 4.69) is 13.0 Å². The van der Waals surface area contributed by atoms with E-state index in [1.807, 2.05) is 18.2 Å². The van der Waals surface area contributed by atoms with Gasteiger partial charge in [0, 0.05) is 0 Å². The first-order valence-corrected chi connectivity index (χ1v) is 5.13. The van der Waals surface area contributed by atoms with Gasteiger partial charge >= 0.3 is 0 Å². The highest BCUT2D eigenvalue weighted by Crippen LogP contribution is 2.21. The highest BCUT2D eigenvalue weighted by Gasteiger charge is 2.08. The van der Waals surface area contributed by atoms with Crippen LogP contribution in [0.4, 0.5) is 0 Å². The molecule has 0 aliphatic carbocycles. The summed E-state index contributed by atoms with van der Waals surface area (Å²) in [7, 11) is 1.71. The molecular formula is C12H19NO. The lowest BCUT2D eigenvalue weighted by molar-refractivity contribution is 0.403. The van der Waals surface area contributed by atoms with E-state index in [9.17, 15) is 0 Å². The average Bonchev–Trinajstić information content (AvgIpc) is 2.26. The summed E-state index contributed by atoms with van der Waals surface area (Å²) in [5, 5.41) is 0. The summed E-state index contributed by atoms with van der Waals surface area (Å²) in [6, 6.07) is 8.14. The maximum atomic E-state index is 5.68. The van der Waals surface area contributed by atoms with Crippen LogP contribution in [0.3, 0.4) is 0 Å². The Hall–Kier alpha value is -1.02. The Morgan fingerprint density at radius 2 is 2.07 bits per heavy atom. The molecule has 0 aliphatic rings. The average molecular weight is 193 g/mol. The molecule has 78 valence electrons.